The molecular weight excluding hydrogens is 298 g/mol. The summed E-state index contributed by atoms with van der Waals surface area (Å²) in [6, 6.07) is 10.8. The Morgan fingerprint density at radius 2 is 1.74 bits per heavy atom. The lowest BCUT2D eigenvalue weighted by molar-refractivity contribution is -0.137. The molecule has 1 amide bonds. The van der Waals surface area contributed by atoms with Crippen LogP contribution >= 0.6 is 0 Å². The number of aliphatic hydroxyl groups is 1. The van der Waals surface area contributed by atoms with Gasteiger partial charge in [0.25, 0.3) is 0 Å². The van der Waals surface area contributed by atoms with Gasteiger partial charge in [0.1, 0.15) is 5.75 Å². The number of primary amides is 1. The van der Waals surface area contributed by atoms with Gasteiger partial charge >= 0.3 is 5.97 Å². The zero-order valence-corrected chi connectivity index (χ0v) is 12.3. The molecule has 2 aromatic rings. The summed E-state index contributed by atoms with van der Waals surface area (Å²) in [6.45, 7) is -0.247. The predicted octanol–water partition coefficient (Wildman–Crippen LogP) is 1.59. The molecule has 0 radical (unpaired) electrons. The first-order valence-corrected chi connectivity index (χ1v) is 6.96. The van der Waals surface area contributed by atoms with Crippen molar-refractivity contribution in [1.29, 1.82) is 0 Å². The first kappa shape index (κ1) is 16.5. The average molecular weight is 315 g/mol. The van der Waals surface area contributed by atoms with Crippen LogP contribution in [0.1, 0.15) is 39.4 Å². The van der Waals surface area contributed by atoms with Crippen LogP contribution in [-0.2, 0) is 11.4 Å². The van der Waals surface area contributed by atoms with Gasteiger partial charge in [0.05, 0.1) is 13.0 Å². The molecule has 6 nitrogen and oxygen atoms in total. The fourth-order valence-electron chi connectivity index (χ4n) is 2.51. The Morgan fingerprint density at radius 3 is 2.26 bits per heavy atom. The summed E-state index contributed by atoms with van der Waals surface area (Å²) in [5.74, 6) is -2.24. The Hall–Kier alpha value is -2.86. The number of aliphatic hydroxyl groups excluding tert-OH is 1. The molecular formula is C17H17NO5. The van der Waals surface area contributed by atoms with E-state index in [1.165, 1.54) is 18.2 Å². The number of phenolic OH excluding ortho intramolecular Hbond substituents is 1. The van der Waals surface area contributed by atoms with Gasteiger partial charge in [0.2, 0.25) is 5.91 Å². The first-order chi connectivity index (χ1) is 10.9. The Bertz CT molecular complexity index is 724. The number of hydrogen-bond acceptors (Lipinski definition) is 4. The zero-order valence-electron chi connectivity index (χ0n) is 12.3. The molecule has 23 heavy (non-hydrogen) atoms. The van der Waals surface area contributed by atoms with Gasteiger partial charge in [-0.1, -0.05) is 24.3 Å². The highest BCUT2D eigenvalue weighted by atomic mass is 16.4. The van der Waals surface area contributed by atoms with Crippen molar-refractivity contribution in [3.05, 3.63) is 64.7 Å². The number of aliphatic carboxylic acids is 1. The van der Waals surface area contributed by atoms with Crippen LogP contribution in [-0.4, -0.2) is 27.2 Å². The second-order valence-electron chi connectivity index (χ2n) is 5.19. The predicted molar refractivity (Wildman–Crippen MR) is 83.1 cm³/mol. The molecule has 0 aliphatic heterocycles. The van der Waals surface area contributed by atoms with Crippen LogP contribution in [0.15, 0.2) is 42.5 Å². The molecule has 0 saturated heterocycles. The van der Waals surface area contributed by atoms with Crippen molar-refractivity contribution in [2.24, 2.45) is 5.73 Å². The summed E-state index contributed by atoms with van der Waals surface area (Å²) in [5, 5.41) is 27.8. The van der Waals surface area contributed by atoms with E-state index in [4.69, 9.17) is 5.73 Å². The molecule has 0 spiro atoms. The number of carboxylic acids is 1. The van der Waals surface area contributed by atoms with E-state index in [1.807, 2.05) is 0 Å². The highest BCUT2D eigenvalue weighted by molar-refractivity contribution is 5.95. The van der Waals surface area contributed by atoms with Gasteiger partial charge in [-0.2, -0.15) is 0 Å². The quantitative estimate of drug-likeness (QED) is 0.645. The van der Waals surface area contributed by atoms with E-state index in [0.29, 0.717) is 16.7 Å². The number of carboxylic acid groups (broad SMARTS) is 1. The fourth-order valence-corrected chi connectivity index (χ4v) is 2.51. The van der Waals surface area contributed by atoms with Gasteiger partial charge in [-0.15, -0.1) is 0 Å². The van der Waals surface area contributed by atoms with Crippen LogP contribution in [0, 0.1) is 0 Å². The lowest BCUT2D eigenvalue weighted by Gasteiger charge is -2.19. The molecule has 1 atom stereocenters. The second kappa shape index (κ2) is 6.93. The van der Waals surface area contributed by atoms with E-state index in [-0.39, 0.29) is 24.3 Å². The van der Waals surface area contributed by atoms with E-state index in [1.54, 1.807) is 24.3 Å². The third kappa shape index (κ3) is 3.87. The van der Waals surface area contributed by atoms with Crippen LogP contribution < -0.4 is 5.73 Å². The Balaban J connectivity index is 2.57. The lowest BCUT2D eigenvalue weighted by atomic mass is 9.85. The van der Waals surface area contributed by atoms with E-state index >= 15 is 0 Å². The molecule has 0 aromatic heterocycles. The summed E-state index contributed by atoms with van der Waals surface area (Å²) >= 11 is 0. The van der Waals surface area contributed by atoms with Crippen molar-refractivity contribution >= 4 is 11.9 Å². The summed E-state index contributed by atoms with van der Waals surface area (Å²) < 4.78 is 0. The third-order valence-corrected chi connectivity index (χ3v) is 3.62. The molecule has 2 aromatic carbocycles. The van der Waals surface area contributed by atoms with Gasteiger partial charge in [0, 0.05) is 11.5 Å². The van der Waals surface area contributed by atoms with Crippen LogP contribution in [0.3, 0.4) is 0 Å². The van der Waals surface area contributed by atoms with Gasteiger partial charge in [-0.3, -0.25) is 9.59 Å². The SMILES string of the molecule is NC(=O)c1cc(CO)ccc1C(CC(=O)O)c1ccc(O)cc1. The molecule has 6 heteroatoms. The van der Waals surface area contributed by atoms with Crippen molar-refractivity contribution in [2.45, 2.75) is 18.9 Å². The van der Waals surface area contributed by atoms with Crippen molar-refractivity contribution in [1.82, 2.24) is 0 Å². The topological polar surface area (TPSA) is 121 Å². The number of hydrogen-bond donors (Lipinski definition) is 4. The van der Waals surface area contributed by atoms with E-state index in [0.717, 1.165) is 0 Å². The van der Waals surface area contributed by atoms with E-state index in [9.17, 15) is 24.9 Å². The summed E-state index contributed by atoms with van der Waals surface area (Å²) in [6.07, 6.45) is -0.233. The Morgan fingerprint density at radius 1 is 1.09 bits per heavy atom. The molecule has 0 aliphatic rings. The molecule has 120 valence electrons. The highest BCUT2D eigenvalue weighted by Crippen LogP contribution is 2.32. The number of amides is 1. The van der Waals surface area contributed by atoms with Crippen LogP contribution in [0.25, 0.3) is 0 Å². The summed E-state index contributed by atoms with van der Waals surface area (Å²) in [7, 11) is 0. The molecule has 0 saturated carbocycles. The average Bonchev–Trinajstić information content (AvgIpc) is 2.53. The van der Waals surface area contributed by atoms with Crippen LogP contribution in [0.2, 0.25) is 0 Å². The third-order valence-electron chi connectivity index (χ3n) is 3.62. The maximum Gasteiger partial charge on any atom is 0.304 e. The standard InChI is InChI=1S/C17H17NO5/c18-17(23)15-7-10(9-19)1-6-13(15)14(8-16(21)22)11-2-4-12(20)5-3-11/h1-7,14,19-20H,8-9H2,(H2,18,23)(H,21,22). The largest absolute Gasteiger partial charge is 0.508 e. The second-order valence-corrected chi connectivity index (χ2v) is 5.19. The van der Waals surface area contributed by atoms with E-state index < -0.39 is 17.8 Å². The maximum absolute atomic E-state index is 11.7. The maximum atomic E-state index is 11.7. The monoisotopic (exact) mass is 315 g/mol. The zero-order chi connectivity index (χ0) is 17.0. The molecule has 0 aliphatic carbocycles. The minimum Gasteiger partial charge on any atom is -0.508 e. The molecule has 2 rings (SSSR count). The minimum atomic E-state index is -1.02. The van der Waals surface area contributed by atoms with Gasteiger partial charge in [0.15, 0.2) is 0 Å². The highest BCUT2D eigenvalue weighted by Gasteiger charge is 2.23. The summed E-state index contributed by atoms with van der Waals surface area (Å²) in [5.41, 5.74) is 7.21. The van der Waals surface area contributed by atoms with Gasteiger partial charge in [-0.25, -0.2) is 0 Å². The van der Waals surface area contributed by atoms with Gasteiger partial charge < -0.3 is 21.1 Å². The number of rotatable bonds is 6. The lowest BCUT2D eigenvalue weighted by Crippen LogP contribution is -2.18. The van der Waals surface area contributed by atoms with Crippen molar-refractivity contribution in [3.63, 3.8) is 0 Å². The number of nitrogens with two attached hydrogens (primary N) is 1. The van der Waals surface area contributed by atoms with Crippen molar-refractivity contribution < 1.29 is 24.9 Å². The number of carbonyl (C=O) groups excluding carboxylic acids is 1. The Labute approximate surface area is 132 Å². The van der Waals surface area contributed by atoms with Crippen LogP contribution in [0.4, 0.5) is 0 Å². The molecule has 5 N–H and O–H groups in total. The number of phenols is 1. The molecule has 1 unspecified atom stereocenters. The van der Waals surface area contributed by atoms with Crippen molar-refractivity contribution in [2.75, 3.05) is 0 Å². The molecule has 0 bridgehead atoms. The molecule has 0 heterocycles. The minimum absolute atomic E-state index is 0.0635. The summed E-state index contributed by atoms with van der Waals surface area (Å²) in [4.78, 5) is 22.9. The Kier molecular flexibility index (Phi) is 4.98. The fraction of sp³-hybridized carbons (Fsp3) is 0.176. The van der Waals surface area contributed by atoms with E-state index in [2.05, 4.69) is 0 Å². The normalized spacial score (nSPS) is 11.9. The molecule has 0 fully saturated rings. The number of carbonyl (C=O) groups is 2. The number of benzene rings is 2. The first-order valence-electron chi connectivity index (χ1n) is 6.96. The van der Waals surface area contributed by atoms with Gasteiger partial charge in [-0.05, 0) is 34.9 Å². The smallest absolute Gasteiger partial charge is 0.304 e. The van der Waals surface area contributed by atoms with Crippen LogP contribution in [0.5, 0.6) is 5.75 Å². The number of aromatic hydroxyl groups is 1. The van der Waals surface area contributed by atoms with Crippen molar-refractivity contribution in [3.8, 4) is 5.75 Å².